The van der Waals surface area contributed by atoms with Gasteiger partial charge in [0, 0.05) is 11.8 Å². The first-order chi connectivity index (χ1) is 15.3. The smallest absolute Gasteiger partial charge is 0.257 e. The second-order valence-electron chi connectivity index (χ2n) is 8.16. The molecular weight excluding hydrogens is 406 g/mol. The molecule has 0 heterocycles. The van der Waals surface area contributed by atoms with Gasteiger partial charge in [-0.05, 0) is 69.2 Å². The van der Waals surface area contributed by atoms with Crippen molar-refractivity contribution in [2.75, 3.05) is 20.8 Å². The minimum Gasteiger partial charge on any atom is -0.493 e. The van der Waals surface area contributed by atoms with Crippen LogP contribution in [0.1, 0.15) is 56.8 Å². The van der Waals surface area contributed by atoms with Gasteiger partial charge in [0.15, 0.2) is 11.5 Å². The lowest BCUT2D eigenvalue weighted by Gasteiger charge is -2.23. The molecule has 1 aliphatic rings. The number of allylic oxidation sites excluding steroid dienone is 5. The van der Waals surface area contributed by atoms with Crippen molar-refractivity contribution in [2.45, 2.75) is 46.5 Å². The first-order valence-corrected chi connectivity index (χ1v) is 10.9. The fourth-order valence-electron chi connectivity index (χ4n) is 3.52. The zero-order valence-electron chi connectivity index (χ0n) is 19.7. The van der Waals surface area contributed by atoms with Gasteiger partial charge in [-0.1, -0.05) is 30.2 Å². The van der Waals surface area contributed by atoms with Gasteiger partial charge in [-0.3, -0.25) is 15.0 Å². The molecule has 0 spiro atoms. The van der Waals surface area contributed by atoms with Gasteiger partial charge in [-0.2, -0.15) is 0 Å². The summed E-state index contributed by atoms with van der Waals surface area (Å²) in [6.45, 7) is 6.31. The van der Waals surface area contributed by atoms with Crippen molar-refractivity contribution in [1.82, 2.24) is 16.2 Å². The Kier molecular flexibility index (Phi) is 9.85. The summed E-state index contributed by atoms with van der Waals surface area (Å²) in [5, 5.41) is 2.60. The molecule has 1 aromatic rings. The number of amides is 2. The lowest BCUT2D eigenvalue weighted by atomic mass is 9.84. The lowest BCUT2D eigenvalue weighted by Crippen LogP contribution is -2.42. The molecule has 0 fully saturated rings. The van der Waals surface area contributed by atoms with E-state index in [1.165, 1.54) is 30.9 Å². The number of methoxy groups -OCH3 is 2. The number of carbonyl (C=O) groups is 2. The van der Waals surface area contributed by atoms with Crippen molar-refractivity contribution in [3.8, 4) is 11.5 Å². The van der Waals surface area contributed by atoms with Crippen LogP contribution < -0.4 is 25.6 Å². The molecule has 0 saturated heterocycles. The van der Waals surface area contributed by atoms with Crippen LogP contribution in [0.25, 0.3) is 0 Å². The molecule has 7 heteroatoms. The molecule has 1 unspecified atom stereocenters. The Morgan fingerprint density at radius 3 is 2.56 bits per heavy atom. The third-order valence-corrected chi connectivity index (χ3v) is 5.37. The number of hydrogen-bond donors (Lipinski definition) is 3. The SMILES string of the molecule is COc1ccc(C(=O)NCC(=O)NNC=C2CC=C(CCC=C(C)C)CC2C)cc1OC. The summed E-state index contributed by atoms with van der Waals surface area (Å²) in [6.07, 6.45) is 10.5. The van der Waals surface area contributed by atoms with E-state index in [2.05, 4.69) is 49.1 Å². The molecule has 7 nitrogen and oxygen atoms in total. The Labute approximate surface area is 190 Å². The molecule has 3 N–H and O–H groups in total. The third-order valence-electron chi connectivity index (χ3n) is 5.37. The highest BCUT2D eigenvalue weighted by atomic mass is 16.5. The normalized spacial score (nSPS) is 16.6. The minimum atomic E-state index is -0.369. The first-order valence-electron chi connectivity index (χ1n) is 10.9. The fraction of sp³-hybridized carbons (Fsp3) is 0.440. The number of hydrazine groups is 1. The van der Waals surface area contributed by atoms with Gasteiger partial charge in [-0.25, -0.2) is 0 Å². The molecule has 0 bridgehead atoms. The second kappa shape index (κ2) is 12.6. The quantitative estimate of drug-likeness (QED) is 0.377. The van der Waals surface area contributed by atoms with E-state index >= 15 is 0 Å². The number of carbonyl (C=O) groups excluding carboxylic acids is 2. The van der Waals surface area contributed by atoms with Crippen LogP contribution in [0.5, 0.6) is 11.5 Å². The maximum atomic E-state index is 12.3. The highest BCUT2D eigenvalue weighted by molar-refractivity contribution is 5.97. The van der Waals surface area contributed by atoms with Crippen LogP contribution >= 0.6 is 0 Å². The predicted octanol–water partition coefficient (Wildman–Crippen LogP) is 4.04. The van der Waals surface area contributed by atoms with E-state index in [0.717, 1.165) is 25.7 Å². The summed E-state index contributed by atoms with van der Waals surface area (Å²) in [7, 11) is 3.03. The summed E-state index contributed by atoms with van der Waals surface area (Å²) in [4.78, 5) is 24.4. The molecule has 0 saturated carbocycles. The maximum Gasteiger partial charge on any atom is 0.257 e. The highest BCUT2D eigenvalue weighted by Gasteiger charge is 2.16. The second-order valence-corrected chi connectivity index (χ2v) is 8.16. The largest absolute Gasteiger partial charge is 0.493 e. The standard InChI is InChI=1S/C25H35N3O4/c1-17(2)7-6-8-19-9-10-21(18(3)13-19)15-27-28-24(29)16-26-25(30)20-11-12-22(31-4)23(14-20)32-5/h7,9,11-12,14-15,18,27H,6,8,10,13,16H2,1-5H3,(H,26,30)(H,28,29). The van der Waals surface area contributed by atoms with Crippen LogP contribution in [-0.4, -0.2) is 32.6 Å². The monoisotopic (exact) mass is 441 g/mol. The van der Waals surface area contributed by atoms with Crippen LogP contribution in [0.3, 0.4) is 0 Å². The van der Waals surface area contributed by atoms with E-state index in [0.29, 0.717) is 23.0 Å². The molecule has 0 aromatic heterocycles. The third kappa shape index (κ3) is 7.80. The molecule has 1 atom stereocenters. The minimum absolute atomic E-state index is 0.146. The zero-order valence-corrected chi connectivity index (χ0v) is 19.7. The molecule has 174 valence electrons. The van der Waals surface area contributed by atoms with Gasteiger partial charge in [0.1, 0.15) is 0 Å². The average molecular weight is 442 g/mol. The predicted molar refractivity (Wildman–Crippen MR) is 126 cm³/mol. The van der Waals surface area contributed by atoms with E-state index in [-0.39, 0.29) is 18.4 Å². The Morgan fingerprint density at radius 1 is 1.16 bits per heavy atom. The molecule has 1 aliphatic carbocycles. The molecule has 32 heavy (non-hydrogen) atoms. The molecule has 1 aromatic carbocycles. The van der Waals surface area contributed by atoms with E-state index < -0.39 is 0 Å². The van der Waals surface area contributed by atoms with Gasteiger partial charge < -0.3 is 20.2 Å². The average Bonchev–Trinajstić information content (AvgIpc) is 2.78. The van der Waals surface area contributed by atoms with Gasteiger partial charge >= 0.3 is 0 Å². The van der Waals surface area contributed by atoms with Gasteiger partial charge in [0.2, 0.25) is 0 Å². The summed E-state index contributed by atoms with van der Waals surface area (Å²) >= 11 is 0. The van der Waals surface area contributed by atoms with Crippen LogP contribution in [0.2, 0.25) is 0 Å². The van der Waals surface area contributed by atoms with Gasteiger partial charge in [0.25, 0.3) is 11.8 Å². The number of ether oxygens (including phenoxy) is 2. The van der Waals surface area contributed by atoms with E-state index in [9.17, 15) is 9.59 Å². The van der Waals surface area contributed by atoms with Gasteiger partial charge in [0.05, 0.1) is 20.8 Å². The fourth-order valence-corrected chi connectivity index (χ4v) is 3.52. The van der Waals surface area contributed by atoms with Crippen LogP contribution in [0, 0.1) is 5.92 Å². The Bertz CT molecular complexity index is 898. The van der Waals surface area contributed by atoms with Crippen molar-refractivity contribution in [1.29, 1.82) is 0 Å². The van der Waals surface area contributed by atoms with E-state index in [1.54, 1.807) is 18.2 Å². The first kappa shape index (κ1) is 25.0. The highest BCUT2D eigenvalue weighted by Crippen LogP contribution is 2.30. The van der Waals surface area contributed by atoms with Crippen molar-refractivity contribution in [3.63, 3.8) is 0 Å². The van der Waals surface area contributed by atoms with Crippen molar-refractivity contribution in [2.24, 2.45) is 5.92 Å². The Morgan fingerprint density at radius 2 is 1.91 bits per heavy atom. The summed E-state index contributed by atoms with van der Waals surface area (Å²) in [5.41, 5.74) is 9.95. The van der Waals surface area contributed by atoms with Crippen molar-refractivity contribution < 1.29 is 19.1 Å². The molecular formula is C25H35N3O4. The zero-order chi connectivity index (χ0) is 23.5. The summed E-state index contributed by atoms with van der Waals surface area (Å²) in [6, 6.07) is 4.83. The summed E-state index contributed by atoms with van der Waals surface area (Å²) in [5.74, 6) is 0.707. The molecule has 0 aliphatic heterocycles. The number of rotatable bonds is 10. The van der Waals surface area contributed by atoms with Crippen LogP contribution in [0.15, 0.2) is 53.3 Å². The number of benzene rings is 1. The molecule has 0 radical (unpaired) electrons. The topological polar surface area (TPSA) is 88.7 Å². The molecule has 2 amide bonds. The van der Waals surface area contributed by atoms with Crippen molar-refractivity contribution in [3.05, 3.63) is 58.8 Å². The van der Waals surface area contributed by atoms with Gasteiger partial charge in [-0.15, -0.1) is 0 Å². The lowest BCUT2D eigenvalue weighted by molar-refractivity contribution is -0.120. The van der Waals surface area contributed by atoms with E-state index in [4.69, 9.17) is 9.47 Å². The van der Waals surface area contributed by atoms with Crippen molar-refractivity contribution >= 4 is 11.8 Å². The Hall–Kier alpha value is -3.22. The summed E-state index contributed by atoms with van der Waals surface area (Å²) < 4.78 is 10.4. The van der Waals surface area contributed by atoms with Crippen LogP contribution in [-0.2, 0) is 4.79 Å². The number of hydrogen-bond acceptors (Lipinski definition) is 5. The van der Waals surface area contributed by atoms with E-state index in [1.807, 2.05) is 6.20 Å². The molecule has 2 rings (SSSR count). The maximum absolute atomic E-state index is 12.3. The van der Waals surface area contributed by atoms with Crippen LogP contribution in [0.4, 0.5) is 0 Å². The number of nitrogens with one attached hydrogen (secondary N) is 3. The Balaban J connectivity index is 1.77.